The number of carbonyl (C=O) groups is 2. The molecule has 1 fully saturated rings. The summed E-state index contributed by atoms with van der Waals surface area (Å²) >= 11 is 0. The standard InChI is InChI=1S/C26H25NO7/c1-4-32-16-12-13-17(21(15-16)33-5-2)24(28)22-23(20-11-8-14-34-20)27(26(30)25(22)29)18-9-6-7-10-19(18)31-3/h6-15,23,28H,4-5H2,1-3H3/b24-22-. The monoisotopic (exact) mass is 463 g/mol. The van der Waals surface area contributed by atoms with Crippen molar-refractivity contribution in [2.75, 3.05) is 25.2 Å². The number of hydrogen-bond acceptors (Lipinski definition) is 7. The number of ether oxygens (including phenoxy) is 3. The quantitative estimate of drug-likeness (QED) is 0.293. The van der Waals surface area contributed by atoms with Gasteiger partial charge in [0.25, 0.3) is 11.7 Å². The number of anilines is 1. The number of nitrogens with zero attached hydrogens (tertiary/aromatic N) is 1. The molecule has 2 aromatic carbocycles. The van der Waals surface area contributed by atoms with Gasteiger partial charge in [-0.2, -0.15) is 0 Å². The fourth-order valence-electron chi connectivity index (χ4n) is 4.00. The van der Waals surface area contributed by atoms with Gasteiger partial charge < -0.3 is 23.7 Å². The molecule has 2 heterocycles. The minimum atomic E-state index is -1.01. The SMILES string of the molecule is CCOc1ccc(/C(O)=C2/C(=O)C(=O)N(c3ccccc3OC)C2c2ccco2)c(OCC)c1. The molecule has 1 aliphatic heterocycles. The molecular weight excluding hydrogens is 438 g/mol. The van der Waals surface area contributed by atoms with Crippen LogP contribution in [0.4, 0.5) is 5.69 Å². The van der Waals surface area contributed by atoms with Crippen LogP contribution < -0.4 is 19.1 Å². The summed E-state index contributed by atoms with van der Waals surface area (Å²) in [6.45, 7) is 4.45. The van der Waals surface area contributed by atoms with Crippen molar-refractivity contribution in [1.29, 1.82) is 0 Å². The van der Waals surface area contributed by atoms with Gasteiger partial charge in [-0.05, 0) is 50.2 Å². The Balaban J connectivity index is 1.93. The van der Waals surface area contributed by atoms with Crippen LogP contribution in [0, 0.1) is 0 Å². The van der Waals surface area contributed by atoms with Gasteiger partial charge in [-0.3, -0.25) is 14.5 Å². The van der Waals surface area contributed by atoms with Gasteiger partial charge in [0, 0.05) is 6.07 Å². The molecule has 1 N–H and O–H groups in total. The smallest absolute Gasteiger partial charge is 0.300 e. The van der Waals surface area contributed by atoms with Crippen LogP contribution in [0.25, 0.3) is 5.76 Å². The average molecular weight is 463 g/mol. The van der Waals surface area contributed by atoms with E-state index in [9.17, 15) is 14.7 Å². The van der Waals surface area contributed by atoms with Crippen LogP contribution in [-0.2, 0) is 9.59 Å². The highest BCUT2D eigenvalue weighted by Crippen LogP contribution is 2.46. The Bertz CT molecular complexity index is 1230. The molecule has 176 valence electrons. The van der Waals surface area contributed by atoms with E-state index in [1.165, 1.54) is 18.3 Å². The number of benzene rings is 2. The van der Waals surface area contributed by atoms with Crippen LogP contribution in [0.2, 0.25) is 0 Å². The van der Waals surface area contributed by atoms with Crippen molar-refractivity contribution < 1.29 is 33.3 Å². The zero-order valence-corrected chi connectivity index (χ0v) is 19.1. The minimum Gasteiger partial charge on any atom is -0.507 e. The van der Waals surface area contributed by atoms with Crippen LogP contribution in [-0.4, -0.2) is 37.1 Å². The Morgan fingerprint density at radius 2 is 1.76 bits per heavy atom. The van der Waals surface area contributed by atoms with E-state index in [1.807, 2.05) is 6.92 Å². The van der Waals surface area contributed by atoms with Crippen LogP contribution in [0.1, 0.15) is 31.2 Å². The first-order valence-electron chi connectivity index (χ1n) is 10.9. The molecular formula is C26H25NO7. The maximum Gasteiger partial charge on any atom is 0.300 e. The maximum absolute atomic E-state index is 13.3. The van der Waals surface area contributed by atoms with Crippen molar-refractivity contribution >= 4 is 23.1 Å². The summed E-state index contributed by atoms with van der Waals surface area (Å²) in [4.78, 5) is 27.8. The van der Waals surface area contributed by atoms with Gasteiger partial charge in [-0.1, -0.05) is 12.1 Å². The van der Waals surface area contributed by atoms with Crippen molar-refractivity contribution in [1.82, 2.24) is 0 Å². The van der Waals surface area contributed by atoms with E-state index in [1.54, 1.807) is 61.5 Å². The Morgan fingerprint density at radius 3 is 2.44 bits per heavy atom. The minimum absolute atomic E-state index is 0.115. The van der Waals surface area contributed by atoms with Gasteiger partial charge in [0.2, 0.25) is 0 Å². The fraction of sp³-hybridized carbons (Fsp3) is 0.231. The molecule has 1 unspecified atom stereocenters. The fourth-order valence-corrected chi connectivity index (χ4v) is 4.00. The molecule has 0 aliphatic carbocycles. The lowest BCUT2D eigenvalue weighted by atomic mass is 9.98. The summed E-state index contributed by atoms with van der Waals surface area (Å²) < 4.78 is 22.3. The lowest BCUT2D eigenvalue weighted by Gasteiger charge is -2.25. The first kappa shape index (κ1) is 23.0. The van der Waals surface area contributed by atoms with Crippen molar-refractivity contribution in [2.45, 2.75) is 19.9 Å². The zero-order chi connectivity index (χ0) is 24.2. The molecule has 4 rings (SSSR count). The predicted molar refractivity (Wildman–Crippen MR) is 125 cm³/mol. The van der Waals surface area contributed by atoms with E-state index in [4.69, 9.17) is 18.6 Å². The molecule has 1 atom stereocenters. The number of amides is 1. The van der Waals surface area contributed by atoms with Gasteiger partial charge in [-0.15, -0.1) is 0 Å². The molecule has 0 bridgehead atoms. The second kappa shape index (κ2) is 9.74. The van der Waals surface area contributed by atoms with E-state index < -0.39 is 17.7 Å². The van der Waals surface area contributed by atoms with Crippen molar-refractivity contribution in [2.24, 2.45) is 0 Å². The van der Waals surface area contributed by atoms with E-state index >= 15 is 0 Å². The van der Waals surface area contributed by atoms with Crippen LogP contribution in [0.15, 0.2) is 70.9 Å². The Hall–Kier alpha value is -4.20. The highest BCUT2D eigenvalue weighted by atomic mass is 16.5. The lowest BCUT2D eigenvalue weighted by molar-refractivity contribution is -0.132. The number of furan rings is 1. The van der Waals surface area contributed by atoms with Crippen molar-refractivity contribution in [3.63, 3.8) is 0 Å². The molecule has 0 saturated carbocycles. The topological polar surface area (TPSA) is 98.4 Å². The zero-order valence-electron chi connectivity index (χ0n) is 19.1. The molecule has 8 nitrogen and oxygen atoms in total. The number of carbonyl (C=O) groups excluding carboxylic acids is 2. The Labute approximate surface area is 197 Å². The maximum atomic E-state index is 13.3. The van der Waals surface area contributed by atoms with Crippen molar-refractivity contribution in [3.8, 4) is 17.2 Å². The number of methoxy groups -OCH3 is 1. The van der Waals surface area contributed by atoms with Crippen LogP contribution >= 0.6 is 0 Å². The number of hydrogen-bond donors (Lipinski definition) is 1. The Morgan fingerprint density at radius 1 is 1.00 bits per heavy atom. The van der Waals surface area contributed by atoms with Gasteiger partial charge in [0.05, 0.1) is 43.4 Å². The highest BCUT2D eigenvalue weighted by molar-refractivity contribution is 6.51. The van der Waals surface area contributed by atoms with E-state index in [2.05, 4.69) is 0 Å². The third kappa shape index (κ3) is 3.98. The number of rotatable bonds is 8. The second-order valence-corrected chi connectivity index (χ2v) is 7.38. The molecule has 8 heteroatoms. The molecule has 1 aliphatic rings. The molecule has 1 aromatic heterocycles. The summed E-state index contributed by atoms with van der Waals surface area (Å²) in [5, 5.41) is 11.4. The number of aliphatic hydroxyl groups is 1. The third-order valence-electron chi connectivity index (χ3n) is 5.42. The number of para-hydroxylation sites is 2. The molecule has 34 heavy (non-hydrogen) atoms. The normalized spacial score (nSPS) is 17.1. The predicted octanol–water partition coefficient (Wildman–Crippen LogP) is 4.71. The van der Waals surface area contributed by atoms with Gasteiger partial charge in [0.15, 0.2) is 0 Å². The first-order chi connectivity index (χ1) is 16.5. The lowest BCUT2D eigenvalue weighted by Crippen LogP contribution is -2.29. The highest BCUT2D eigenvalue weighted by Gasteiger charge is 2.49. The van der Waals surface area contributed by atoms with Gasteiger partial charge >= 0.3 is 0 Å². The van der Waals surface area contributed by atoms with E-state index in [0.29, 0.717) is 41.9 Å². The molecule has 0 radical (unpaired) electrons. The number of Topliss-reactive ketones (excluding diaryl/α,β-unsaturated/α-hetero) is 1. The van der Waals surface area contributed by atoms with Crippen molar-refractivity contribution in [3.05, 3.63) is 77.8 Å². The van der Waals surface area contributed by atoms with Crippen LogP contribution in [0.5, 0.6) is 17.2 Å². The molecule has 0 spiro atoms. The summed E-state index contributed by atoms with van der Waals surface area (Å²) in [7, 11) is 1.48. The molecule has 1 amide bonds. The molecule has 1 saturated heterocycles. The third-order valence-corrected chi connectivity index (χ3v) is 5.42. The largest absolute Gasteiger partial charge is 0.507 e. The van der Waals surface area contributed by atoms with Gasteiger partial charge in [0.1, 0.15) is 34.8 Å². The molecule has 3 aromatic rings. The van der Waals surface area contributed by atoms with Gasteiger partial charge in [-0.25, -0.2) is 0 Å². The summed E-state index contributed by atoms with van der Waals surface area (Å²) in [5.41, 5.74) is 0.528. The summed E-state index contributed by atoms with van der Waals surface area (Å²) in [6.07, 6.45) is 1.44. The average Bonchev–Trinajstić information content (AvgIpc) is 3.46. The number of ketones is 1. The van der Waals surface area contributed by atoms with E-state index in [0.717, 1.165) is 0 Å². The first-order valence-corrected chi connectivity index (χ1v) is 10.9. The second-order valence-electron chi connectivity index (χ2n) is 7.38. The Kier molecular flexibility index (Phi) is 6.58. The van der Waals surface area contributed by atoms with Crippen LogP contribution in [0.3, 0.4) is 0 Å². The van der Waals surface area contributed by atoms with E-state index in [-0.39, 0.29) is 16.9 Å². The summed E-state index contributed by atoms with van der Waals surface area (Å²) in [6, 6.07) is 14.0. The number of aliphatic hydroxyl groups excluding tert-OH is 1. The summed E-state index contributed by atoms with van der Waals surface area (Å²) in [5.74, 6) is -0.430.